The number of aryl methyl sites for hydroxylation is 1. The average Bonchev–Trinajstić information content (AvgIpc) is 2.38. The first-order valence-corrected chi connectivity index (χ1v) is 5.93. The molecule has 2 aliphatic heterocycles. The van der Waals surface area contributed by atoms with Crippen molar-refractivity contribution >= 4 is 6.08 Å². The van der Waals surface area contributed by atoms with Gasteiger partial charge in [-0.3, -0.25) is 10.3 Å². The fourth-order valence-corrected chi connectivity index (χ4v) is 2.44. The predicted octanol–water partition coefficient (Wildman–Crippen LogP) is 0.492. The molecule has 0 spiro atoms. The summed E-state index contributed by atoms with van der Waals surface area (Å²) in [5.41, 5.74) is 2.64. The highest BCUT2D eigenvalue weighted by Crippen LogP contribution is 2.17. The molecule has 3 heteroatoms. The van der Waals surface area contributed by atoms with Gasteiger partial charge in [0.1, 0.15) is 12.1 Å². The van der Waals surface area contributed by atoms with Crippen LogP contribution in [0.15, 0.2) is 11.1 Å². The standard InChI is InChI=1S/C13H16N2O/c1-2-9-6-10-7-14-8-16-13(10)12-11(9)4-3-5-15-12/h4,6,14H,2-3,5,7-8H2,1H3. The van der Waals surface area contributed by atoms with Gasteiger partial charge in [-0.05, 0) is 18.4 Å². The Bertz CT molecular complexity index is 534. The Labute approximate surface area is 94.8 Å². The van der Waals surface area contributed by atoms with Gasteiger partial charge in [0.2, 0.25) is 0 Å². The number of rotatable bonds is 1. The number of fused-ring (bicyclic) bond motifs is 3. The molecule has 0 bridgehead atoms. The molecule has 1 N–H and O–H groups in total. The van der Waals surface area contributed by atoms with E-state index in [-0.39, 0.29) is 0 Å². The first kappa shape index (κ1) is 9.85. The Balaban J connectivity index is 2.35. The fraction of sp³-hybridized carbons (Fsp3) is 0.462. The number of benzene rings is 1. The third kappa shape index (κ3) is 1.43. The highest BCUT2D eigenvalue weighted by molar-refractivity contribution is 5.43. The van der Waals surface area contributed by atoms with E-state index in [2.05, 4.69) is 29.4 Å². The smallest absolute Gasteiger partial charge is 0.151 e. The van der Waals surface area contributed by atoms with E-state index in [1.165, 1.54) is 16.3 Å². The van der Waals surface area contributed by atoms with E-state index in [1.807, 2.05) is 0 Å². The molecule has 3 rings (SSSR count). The molecule has 16 heavy (non-hydrogen) atoms. The highest BCUT2D eigenvalue weighted by atomic mass is 16.5. The van der Waals surface area contributed by atoms with Crippen LogP contribution in [0.1, 0.15) is 24.5 Å². The summed E-state index contributed by atoms with van der Waals surface area (Å²) in [4.78, 5) is 4.63. The Morgan fingerprint density at radius 3 is 3.31 bits per heavy atom. The zero-order valence-electron chi connectivity index (χ0n) is 9.55. The Morgan fingerprint density at radius 1 is 1.50 bits per heavy atom. The summed E-state index contributed by atoms with van der Waals surface area (Å²) in [5, 5.41) is 5.61. The second-order valence-corrected chi connectivity index (χ2v) is 4.23. The molecule has 0 fully saturated rings. The molecule has 2 aliphatic rings. The maximum absolute atomic E-state index is 5.70. The molecule has 0 aliphatic carbocycles. The van der Waals surface area contributed by atoms with Crippen molar-refractivity contribution < 1.29 is 4.74 Å². The van der Waals surface area contributed by atoms with E-state index in [9.17, 15) is 0 Å². The zero-order chi connectivity index (χ0) is 11.0. The van der Waals surface area contributed by atoms with Crippen molar-refractivity contribution in [2.24, 2.45) is 4.99 Å². The van der Waals surface area contributed by atoms with E-state index in [4.69, 9.17) is 4.74 Å². The number of ether oxygens (including phenoxy) is 1. The molecule has 2 heterocycles. The molecular formula is C13H16N2O. The second-order valence-electron chi connectivity index (χ2n) is 4.23. The van der Waals surface area contributed by atoms with Crippen molar-refractivity contribution in [2.75, 3.05) is 13.3 Å². The third-order valence-corrected chi connectivity index (χ3v) is 3.22. The van der Waals surface area contributed by atoms with Crippen LogP contribution in [0.5, 0.6) is 5.75 Å². The molecule has 1 aromatic carbocycles. The fourth-order valence-electron chi connectivity index (χ4n) is 2.44. The highest BCUT2D eigenvalue weighted by Gasteiger charge is 2.15. The van der Waals surface area contributed by atoms with Crippen LogP contribution in [0, 0.1) is 0 Å². The molecule has 0 amide bonds. The number of nitrogens with one attached hydrogen (secondary N) is 1. The van der Waals surface area contributed by atoms with Gasteiger partial charge in [-0.25, -0.2) is 0 Å². The van der Waals surface area contributed by atoms with Gasteiger partial charge in [-0.1, -0.05) is 19.1 Å². The Hall–Kier alpha value is -1.35. The lowest BCUT2D eigenvalue weighted by Crippen LogP contribution is -2.38. The van der Waals surface area contributed by atoms with Crippen LogP contribution in [0.4, 0.5) is 0 Å². The summed E-state index contributed by atoms with van der Waals surface area (Å²) in [6, 6.07) is 2.26. The van der Waals surface area contributed by atoms with Gasteiger partial charge in [0.05, 0.1) is 0 Å². The van der Waals surface area contributed by atoms with Gasteiger partial charge in [-0.15, -0.1) is 0 Å². The quantitative estimate of drug-likeness (QED) is 0.741. The monoisotopic (exact) mass is 216 g/mol. The maximum atomic E-state index is 5.70. The average molecular weight is 216 g/mol. The normalized spacial score (nSPS) is 17.6. The lowest BCUT2D eigenvalue weighted by atomic mass is 10.0. The van der Waals surface area contributed by atoms with Crippen molar-refractivity contribution in [3.05, 3.63) is 27.8 Å². The van der Waals surface area contributed by atoms with Gasteiger partial charge >= 0.3 is 0 Å². The van der Waals surface area contributed by atoms with Crippen LogP contribution < -0.4 is 20.6 Å². The van der Waals surface area contributed by atoms with E-state index in [0.717, 1.165) is 37.0 Å². The molecule has 84 valence electrons. The van der Waals surface area contributed by atoms with Gasteiger partial charge in [0.15, 0.2) is 5.75 Å². The van der Waals surface area contributed by atoms with Gasteiger partial charge in [0.25, 0.3) is 0 Å². The summed E-state index contributed by atoms with van der Waals surface area (Å²) < 4.78 is 5.70. The molecule has 0 aromatic heterocycles. The summed E-state index contributed by atoms with van der Waals surface area (Å²) in [6.45, 7) is 4.58. The van der Waals surface area contributed by atoms with E-state index in [1.54, 1.807) is 0 Å². The largest absolute Gasteiger partial charge is 0.476 e. The van der Waals surface area contributed by atoms with Crippen LogP contribution in [0.2, 0.25) is 0 Å². The minimum Gasteiger partial charge on any atom is -0.476 e. The summed E-state index contributed by atoms with van der Waals surface area (Å²) in [5.74, 6) is 1.00. The molecule has 3 nitrogen and oxygen atoms in total. The van der Waals surface area contributed by atoms with Crippen LogP contribution in [-0.2, 0) is 13.0 Å². The van der Waals surface area contributed by atoms with E-state index in [0.29, 0.717) is 6.73 Å². The minimum absolute atomic E-state index is 0.598. The van der Waals surface area contributed by atoms with Crippen molar-refractivity contribution in [3.63, 3.8) is 0 Å². The lowest BCUT2D eigenvalue weighted by Gasteiger charge is -2.21. The molecular weight excluding hydrogens is 200 g/mol. The summed E-state index contributed by atoms with van der Waals surface area (Å²) in [7, 11) is 0. The zero-order valence-corrected chi connectivity index (χ0v) is 9.55. The predicted molar refractivity (Wildman–Crippen MR) is 62.9 cm³/mol. The molecule has 0 saturated carbocycles. The van der Waals surface area contributed by atoms with Crippen LogP contribution in [0.3, 0.4) is 0 Å². The first-order chi connectivity index (χ1) is 7.90. The Kier molecular flexibility index (Phi) is 2.40. The SMILES string of the molecule is CCc1cc2c(c3c1=CCCN=3)OCNC2. The number of hydrogen-bond acceptors (Lipinski definition) is 3. The number of nitrogens with zero attached hydrogens (tertiary/aromatic N) is 1. The van der Waals surface area contributed by atoms with Crippen molar-refractivity contribution in [1.82, 2.24) is 5.32 Å². The lowest BCUT2D eigenvalue weighted by molar-refractivity contribution is 0.253. The molecule has 0 saturated heterocycles. The minimum atomic E-state index is 0.598. The molecule has 0 radical (unpaired) electrons. The maximum Gasteiger partial charge on any atom is 0.151 e. The van der Waals surface area contributed by atoms with Crippen LogP contribution >= 0.6 is 0 Å². The van der Waals surface area contributed by atoms with Crippen molar-refractivity contribution in [1.29, 1.82) is 0 Å². The van der Waals surface area contributed by atoms with Crippen LogP contribution in [0.25, 0.3) is 6.08 Å². The number of hydrogen-bond donors (Lipinski definition) is 1. The van der Waals surface area contributed by atoms with Crippen molar-refractivity contribution in [2.45, 2.75) is 26.3 Å². The van der Waals surface area contributed by atoms with E-state index >= 15 is 0 Å². The Morgan fingerprint density at radius 2 is 2.44 bits per heavy atom. The summed E-state index contributed by atoms with van der Waals surface area (Å²) >= 11 is 0. The van der Waals surface area contributed by atoms with Gasteiger partial charge in [-0.2, -0.15) is 0 Å². The van der Waals surface area contributed by atoms with Crippen molar-refractivity contribution in [3.8, 4) is 5.75 Å². The molecule has 0 atom stereocenters. The molecule has 0 unspecified atom stereocenters. The third-order valence-electron chi connectivity index (χ3n) is 3.22. The van der Waals surface area contributed by atoms with Gasteiger partial charge in [0, 0.05) is 23.9 Å². The van der Waals surface area contributed by atoms with E-state index < -0.39 is 0 Å². The summed E-state index contributed by atoms with van der Waals surface area (Å²) in [6.07, 6.45) is 4.41. The molecule has 1 aromatic rings. The first-order valence-electron chi connectivity index (χ1n) is 5.93. The van der Waals surface area contributed by atoms with Gasteiger partial charge < -0.3 is 4.74 Å². The second kappa shape index (κ2) is 3.91. The topological polar surface area (TPSA) is 33.6 Å². The van der Waals surface area contributed by atoms with Crippen LogP contribution in [-0.4, -0.2) is 13.3 Å².